The minimum Gasteiger partial charge on any atom is -0.504 e. The highest BCUT2D eigenvalue weighted by atomic mass is 16.6. The van der Waals surface area contributed by atoms with Crippen molar-refractivity contribution in [3.63, 3.8) is 0 Å². The number of carboxylic acids is 1. The van der Waals surface area contributed by atoms with Crippen molar-refractivity contribution >= 4 is 23.9 Å². The van der Waals surface area contributed by atoms with Gasteiger partial charge >= 0.3 is 23.9 Å². The first-order chi connectivity index (χ1) is 21.1. The predicted octanol–water partition coefficient (Wildman–Crippen LogP) is 2.39. The van der Waals surface area contributed by atoms with Gasteiger partial charge in [0.15, 0.2) is 51.7 Å². The van der Waals surface area contributed by atoms with E-state index < -0.39 is 115 Å². The molecule has 0 atom stereocenters. The number of aromatic carboxylic acids is 1. The lowest BCUT2D eigenvalue weighted by molar-refractivity contribution is 0.0684. The number of aromatic hydroxyl groups is 9. The molecule has 0 amide bonds. The monoisotopic (exact) mass is 626 g/mol. The van der Waals surface area contributed by atoms with E-state index in [0.29, 0.717) is 48.5 Å². The molecule has 0 fully saturated rings. The number of ether oxygens (including phenoxy) is 3. The average molecular weight is 626 g/mol. The third-order valence-electron chi connectivity index (χ3n) is 5.80. The van der Waals surface area contributed by atoms with Crippen molar-refractivity contribution in [2.75, 3.05) is 0 Å². The minimum absolute atomic E-state index is 0.531. The lowest BCUT2D eigenvalue weighted by Gasteiger charge is -2.13. The number of phenolic OH excluding ortho intramolecular Hbond substituents is 9. The second-order valence-corrected chi connectivity index (χ2v) is 8.86. The van der Waals surface area contributed by atoms with Gasteiger partial charge < -0.3 is 65.3 Å². The summed E-state index contributed by atoms with van der Waals surface area (Å²) in [6.07, 6.45) is 0. The van der Waals surface area contributed by atoms with Crippen LogP contribution in [0.4, 0.5) is 0 Å². The normalized spacial score (nSPS) is 10.6. The van der Waals surface area contributed by atoms with Crippen LogP contribution in [0, 0.1) is 0 Å². The molecule has 0 saturated carbocycles. The van der Waals surface area contributed by atoms with Gasteiger partial charge in [-0.2, -0.15) is 0 Å². The van der Waals surface area contributed by atoms with Crippen LogP contribution in [0.25, 0.3) is 0 Å². The molecule has 0 aliphatic carbocycles. The molecular weight excluding hydrogens is 608 g/mol. The first-order valence-electron chi connectivity index (χ1n) is 11.9. The first kappa shape index (κ1) is 30.9. The van der Waals surface area contributed by atoms with Crippen LogP contribution in [0.3, 0.4) is 0 Å². The van der Waals surface area contributed by atoms with Crippen molar-refractivity contribution in [3.8, 4) is 69.0 Å². The van der Waals surface area contributed by atoms with E-state index in [4.69, 9.17) is 19.3 Å². The van der Waals surface area contributed by atoms with E-state index in [2.05, 4.69) is 0 Å². The van der Waals surface area contributed by atoms with Crippen molar-refractivity contribution in [2.24, 2.45) is 0 Å². The van der Waals surface area contributed by atoms with Crippen LogP contribution in [-0.2, 0) is 0 Å². The van der Waals surface area contributed by atoms with Crippen LogP contribution in [0.15, 0.2) is 48.5 Å². The van der Waals surface area contributed by atoms with Gasteiger partial charge in [0.25, 0.3) is 0 Å². The maximum atomic E-state index is 12.9. The molecule has 0 aliphatic rings. The average Bonchev–Trinajstić information content (AvgIpc) is 2.97. The van der Waals surface area contributed by atoms with Gasteiger partial charge in [-0.05, 0) is 48.5 Å². The second kappa shape index (κ2) is 11.7. The van der Waals surface area contributed by atoms with Crippen LogP contribution < -0.4 is 14.2 Å². The molecule has 0 bridgehead atoms. The molecule has 17 nitrogen and oxygen atoms in total. The van der Waals surface area contributed by atoms with Gasteiger partial charge in [-0.15, -0.1) is 0 Å². The number of rotatable bonds is 7. The lowest BCUT2D eigenvalue weighted by Crippen LogP contribution is -2.13. The van der Waals surface area contributed by atoms with Crippen LogP contribution in [-0.4, -0.2) is 74.9 Å². The summed E-state index contributed by atoms with van der Waals surface area (Å²) in [5, 5.41) is 97.8. The highest BCUT2D eigenvalue weighted by molar-refractivity contribution is 5.97. The molecule has 4 rings (SSSR count). The van der Waals surface area contributed by atoms with E-state index in [-0.39, 0.29) is 0 Å². The molecule has 0 heterocycles. The summed E-state index contributed by atoms with van der Waals surface area (Å²) in [5.41, 5.74) is -2.37. The standard InChI is InChI=1S/C28H18O17/c29-13-2-10(3-14(30)21(13)34)26(40)44-19-7-12(5-16(32)23(19)36)28(42)45-20-8-11(4-17(33)24(20)37)27(41)43-18-6-9(25(38)39)1-15(31)22(18)35/h1-8,29-37H,(H,38,39). The van der Waals surface area contributed by atoms with E-state index in [1.807, 2.05) is 0 Å². The summed E-state index contributed by atoms with van der Waals surface area (Å²) in [7, 11) is 0. The fourth-order valence-corrected chi connectivity index (χ4v) is 3.57. The summed E-state index contributed by atoms with van der Waals surface area (Å²) in [4.78, 5) is 49.2. The van der Waals surface area contributed by atoms with Crippen LogP contribution in [0.1, 0.15) is 41.4 Å². The smallest absolute Gasteiger partial charge is 0.343 e. The summed E-state index contributed by atoms with van der Waals surface area (Å²) < 4.78 is 14.8. The van der Waals surface area contributed by atoms with E-state index in [0.717, 1.165) is 0 Å². The molecule has 0 saturated heterocycles. The van der Waals surface area contributed by atoms with E-state index >= 15 is 0 Å². The van der Waals surface area contributed by atoms with Crippen molar-refractivity contribution in [2.45, 2.75) is 0 Å². The molecule has 0 spiro atoms. The summed E-state index contributed by atoms with van der Waals surface area (Å²) in [6.45, 7) is 0. The van der Waals surface area contributed by atoms with Gasteiger partial charge in [-0.25, -0.2) is 19.2 Å². The van der Waals surface area contributed by atoms with Crippen LogP contribution >= 0.6 is 0 Å². The SMILES string of the molecule is O=C(O)c1cc(O)c(O)c(OC(=O)c2cc(O)c(O)c(OC(=O)c3cc(O)c(O)c(OC(=O)c4cc(O)c(O)c(O)c4)c3)c2)c1. The fourth-order valence-electron chi connectivity index (χ4n) is 3.57. The van der Waals surface area contributed by atoms with Crippen LogP contribution in [0.5, 0.6) is 69.0 Å². The van der Waals surface area contributed by atoms with Gasteiger partial charge in [0, 0.05) is 0 Å². The van der Waals surface area contributed by atoms with Crippen molar-refractivity contribution in [3.05, 3.63) is 70.8 Å². The fraction of sp³-hybridized carbons (Fsp3) is 0. The zero-order valence-corrected chi connectivity index (χ0v) is 21.9. The largest absolute Gasteiger partial charge is 0.504 e. The Morgan fingerprint density at radius 2 is 0.622 bits per heavy atom. The van der Waals surface area contributed by atoms with E-state index in [1.165, 1.54) is 0 Å². The molecule has 0 radical (unpaired) electrons. The Kier molecular flexibility index (Phi) is 8.02. The maximum absolute atomic E-state index is 12.9. The first-order valence-corrected chi connectivity index (χ1v) is 11.9. The number of carbonyl (C=O) groups is 4. The third-order valence-corrected chi connectivity index (χ3v) is 5.80. The maximum Gasteiger partial charge on any atom is 0.343 e. The molecule has 17 heteroatoms. The van der Waals surface area contributed by atoms with Crippen molar-refractivity contribution < 1.29 is 84.5 Å². The number of hydrogen-bond acceptors (Lipinski definition) is 16. The number of phenols is 9. The van der Waals surface area contributed by atoms with Crippen molar-refractivity contribution in [1.29, 1.82) is 0 Å². The topological polar surface area (TPSA) is 298 Å². The Morgan fingerprint density at radius 1 is 0.378 bits per heavy atom. The van der Waals surface area contributed by atoms with E-state index in [1.54, 1.807) is 0 Å². The van der Waals surface area contributed by atoms with Crippen LogP contribution in [0.2, 0.25) is 0 Å². The number of carboxylic acid groups (broad SMARTS) is 1. The number of benzene rings is 4. The molecule has 4 aromatic rings. The quantitative estimate of drug-likeness (QED) is 0.0799. The molecule has 0 unspecified atom stereocenters. The Balaban J connectivity index is 1.60. The highest BCUT2D eigenvalue weighted by Crippen LogP contribution is 2.42. The molecular formula is C28H18O17. The summed E-state index contributed by atoms with van der Waals surface area (Å²) in [5.74, 6) is -17.1. The van der Waals surface area contributed by atoms with E-state index in [9.17, 15) is 65.1 Å². The lowest BCUT2D eigenvalue weighted by atomic mass is 10.1. The molecule has 232 valence electrons. The Labute approximate surface area is 248 Å². The van der Waals surface area contributed by atoms with Gasteiger partial charge in [0.1, 0.15) is 0 Å². The summed E-state index contributed by atoms with van der Waals surface area (Å²) >= 11 is 0. The highest BCUT2D eigenvalue weighted by Gasteiger charge is 2.25. The minimum atomic E-state index is -1.55. The van der Waals surface area contributed by atoms with Gasteiger partial charge in [0.2, 0.25) is 17.2 Å². The number of hydrogen-bond donors (Lipinski definition) is 10. The Bertz CT molecular complexity index is 1890. The molecule has 10 N–H and O–H groups in total. The molecule has 0 aromatic heterocycles. The zero-order chi connectivity index (χ0) is 33.3. The third kappa shape index (κ3) is 6.26. The van der Waals surface area contributed by atoms with Gasteiger partial charge in [-0.1, -0.05) is 0 Å². The molecule has 45 heavy (non-hydrogen) atoms. The predicted molar refractivity (Wildman–Crippen MR) is 143 cm³/mol. The number of carbonyl (C=O) groups excluding carboxylic acids is 3. The number of esters is 3. The summed E-state index contributed by atoms with van der Waals surface area (Å²) in [6, 6.07) is 5.44. The van der Waals surface area contributed by atoms with Crippen molar-refractivity contribution in [1.82, 2.24) is 0 Å². The van der Waals surface area contributed by atoms with Gasteiger partial charge in [0.05, 0.1) is 22.3 Å². The Morgan fingerprint density at radius 3 is 0.933 bits per heavy atom. The van der Waals surface area contributed by atoms with Gasteiger partial charge in [-0.3, -0.25) is 0 Å². The Hall–Kier alpha value is -7.04. The molecule has 0 aliphatic heterocycles. The second-order valence-electron chi connectivity index (χ2n) is 8.86. The zero-order valence-electron chi connectivity index (χ0n) is 21.9. The molecule has 4 aromatic carbocycles.